The lowest BCUT2D eigenvalue weighted by Crippen LogP contribution is -2.00. The van der Waals surface area contributed by atoms with E-state index in [0.717, 1.165) is 11.3 Å². The zero-order chi connectivity index (χ0) is 12.4. The molecule has 0 saturated heterocycles. The Bertz CT molecular complexity index is 658. The molecule has 2 heterocycles. The third-order valence-corrected chi connectivity index (χ3v) is 2.53. The van der Waals surface area contributed by atoms with Gasteiger partial charge in [0, 0.05) is 12.2 Å². The molecule has 0 aliphatic carbocycles. The Balaban J connectivity index is 1.85. The molecule has 0 bridgehead atoms. The number of aromatic nitrogens is 5. The summed E-state index contributed by atoms with van der Waals surface area (Å²) in [5.41, 5.74) is 8.18. The van der Waals surface area contributed by atoms with Gasteiger partial charge in [-0.2, -0.15) is 0 Å². The van der Waals surface area contributed by atoms with Crippen molar-refractivity contribution in [1.29, 1.82) is 0 Å². The molecule has 0 saturated carbocycles. The maximum Gasteiger partial charge on any atom is 0.200 e. The molecule has 0 atom stereocenters. The summed E-state index contributed by atoms with van der Waals surface area (Å²) in [4.78, 5) is 0. The average molecular weight is 241 g/mol. The largest absolute Gasteiger partial charge is 0.339 e. The van der Waals surface area contributed by atoms with Gasteiger partial charge in [0.05, 0.1) is 0 Å². The van der Waals surface area contributed by atoms with E-state index in [1.54, 1.807) is 6.07 Å². The van der Waals surface area contributed by atoms with Crippen molar-refractivity contribution in [2.75, 3.05) is 5.32 Å². The van der Waals surface area contributed by atoms with Crippen LogP contribution in [-0.2, 0) is 6.54 Å². The third-order valence-electron chi connectivity index (χ3n) is 2.53. The van der Waals surface area contributed by atoms with Crippen LogP contribution in [-0.4, -0.2) is 25.3 Å². The molecule has 18 heavy (non-hydrogen) atoms. The predicted octanol–water partition coefficient (Wildman–Crippen LogP) is 0.722. The van der Waals surface area contributed by atoms with Crippen LogP contribution in [0.25, 0.3) is 5.65 Å². The quantitative estimate of drug-likeness (QED) is 0.701. The van der Waals surface area contributed by atoms with Gasteiger partial charge in [-0.25, -0.2) is 0 Å². The van der Waals surface area contributed by atoms with Crippen molar-refractivity contribution in [2.45, 2.75) is 6.54 Å². The minimum Gasteiger partial charge on any atom is -0.339 e. The Hall–Kier alpha value is -2.54. The van der Waals surface area contributed by atoms with Crippen LogP contribution in [0.1, 0.15) is 5.56 Å². The highest BCUT2D eigenvalue weighted by Crippen LogP contribution is 2.14. The summed E-state index contributed by atoms with van der Waals surface area (Å²) in [6.45, 7) is 0.537. The second-order valence-corrected chi connectivity index (χ2v) is 3.77. The summed E-state index contributed by atoms with van der Waals surface area (Å²) in [5, 5.41) is 18.4. The van der Waals surface area contributed by atoms with Crippen molar-refractivity contribution < 1.29 is 0 Å². The summed E-state index contributed by atoms with van der Waals surface area (Å²) < 4.78 is 1.37. The number of hydrogen-bond donors (Lipinski definition) is 2. The van der Waals surface area contributed by atoms with E-state index < -0.39 is 0 Å². The van der Waals surface area contributed by atoms with E-state index in [1.165, 1.54) is 4.63 Å². The molecule has 2 aromatic heterocycles. The number of fused-ring (bicyclic) bond motifs is 1. The van der Waals surface area contributed by atoms with Gasteiger partial charge in [-0.1, -0.05) is 12.1 Å². The molecule has 0 unspecified atom stereocenters. The van der Waals surface area contributed by atoms with Gasteiger partial charge >= 0.3 is 0 Å². The van der Waals surface area contributed by atoms with Crippen LogP contribution in [0.5, 0.6) is 0 Å². The third kappa shape index (κ3) is 1.98. The van der Waals surface area contributed by atoms with E-state index in [4.69, 9.17) is 5.73 Å². The lowest BCUT2D eigenvalue weighted by atomic mass is 10.2. The molecule has 0 spiro atoms. The number of tetrazole rings is 1. The summed E-state index contributed by atoms with van der Waals surface area (Å²) in [7, 11) is 0. The fourth-order valence-electron chi connectivity index (χ4n) is 1.59. The Labute approximate surface area is 103 Å². The first kappa shape index (κ1) is 10.6. The van der Waals surface area contributed by atoms with E-state index in [9.17, 15) is 0 Å². The summed E-state index contributed by atoms with van der Waals surface area (Å²) >= 11 is 0. The van der Waals surface area contributed by atoms with E-state index >= 15 is 0 Å². The smallest absolute Gasteiger partial charge is 0.200 e. The van der Waals surface area contributed by atoms with Crippen LogP contribution in [0.4, 0.5) is 11.5 Å². The van der Waals surface area contributed by atoms with E-state index in [-0.39, 0.29) is 0 Å². The number of hydrogen-bond acceptors (Lipinski definition) is 6. The van der Waals surface area contributed by atoms with Gasteiger partial charge in [0.15, 0.2) is 11.5 Å². The monoisotopic (exact) mass is 241 g/mol. The fraction of sp³-hybridized carbons (Fsp3) is 0.0909. The maximum atomic E-state index is 5.54. The summed E-state index contributed by atoms with van der Waals surface area (Å²) in [6.07, 6.45) is 0. The van der Waals surface area contributed by atoms with Crippen LogP contribution in [0.2, 0.25) is 0 Å². The minimum absolute atomic E-state index is 0.537. The van der Waals surface area contributed by atoms with Crippen molar-refractivity contribution in [3.8, 4) is 0 Å². The van der Waals surface area contributed by atoms with Crippen molar-refractivity contribution in [3.63, 3.8) is 0 Å². The molecule has 0 radical (unpaired) electrons. The van der Waals surface area contributed by atoms with Crippen molar-refractivity contribution >= 4 is 17.2 Å². The lowest BCUT2D eigenvalue weighted by Gasteiger charge is -2.05. The molecule has 3 aromatic rings. The van der Waals surface area contributed by atoms with Gasteiger partial charge in [-0.15, -0.1) is 14.8 Å². The second kappa shape index (κ2) is 4.38. The highest BCUT2D eigenvalue weighted by Gasteiger charge is 2.01. The number of nitrogens with one attached hydrogen (secondary N) is 1. The van der Waals surface area contributed by atoms with Gasteiger partial charge in [0.25, 0.3) is 0 Å². The topological polar surface area (TPSA) is 94.0 Å². The van der Waals surface area contributed by atoms with Crippen molar-refractivity contribution in [2.24, 2.45) is 5.73 Å². The first-order chi connectivity index (χ1) is 8.85. The van der Waals surface area contributed by atoms with Crippen LogP contribution in [0, 0.1) is 0 Å². The molecule has 0 aliphatic heterocycles. The highest BCUT2D eigenvalue weighted by molar-refractivity contribution is 5.57. The van der Waals surface area contributed by atoms with Crippen molar-refractivity contribution in [1.82, 2.24) is 25.3 Å². The molecule has 90 valence electrons. The summed E-state index contributed by atoms with van der Waals surface area (Å²) in [5.74, 6) is 0.676. The molecule has 0 amide bonds. The fourth-order valence-corrected chi connectivity index (χ4v) is 1.59. The molecule has 3 rings (SSSR count). The van der Waals surface area contributed by atoms with Crippen LogP contribution < -0.4 is 11.1 Å². The Morgan fingerprint density at radius 1 is 1.11 bits per heavy atom. The van der Waals surface area contributed by atoms with Gasteiger partial charge in [0.1, 0.15) is 0 Å². The highest BCUT2D eigenvalue weighted by atomic mass is 15.6. The number of nitrogens with zero attached hydrogens (tertiary/aromatic N) is 5. The molecule has 7 heteroatoms. The molecule has 0 fully saturated rings. The van der Waals surface area contributed by atoms with Gasteiger partial charge < -0.3 is 11.1 Å². The Morgan fingerprint density at radius 3 is 2.72 bits per heavy atom. The first-order valence-corrected chi connectivity index (χ1v) is 5.46. The molecule has 3 N–H and O–H groups in total. The predicted molar refractivity (Wildman–Crippen MR) is 66.2 cm³/mol. The number of anilines is 2. The summed E-state index contributed by atoms with van der Waals surface area (Å²) in [6, 6.07) is 11.5. The average Bonchev–Trinajstić information content (AvgIpc) is 2.87. The van der Waals surface area contributed by atoms with Gasteiger partial charge in [-0.05, 0) is 40.3 Å². The molecule has 0 aliphatic rings. The maximum absolute atomic E-state index is 5.54. The minimum atomic E-state index is 0.537. The van der Waals surface area contributed by atoms with Gasteiger partial charge in [0.2, 0.25) is 0 Å². The second-order valence-electron chi connectivity index (χ2n) is 3.77. The molecule has 1 aromatic carbocycles. The Kier molecular flexibility index (Phi) is 2.58. The molecule has 7 nitrogen and oxygen atoms in total. The number of rotatable bonds is 3. The van der Waals surface area contributed by atoms with Crippen LogP contribution in [0.15, 0.2) is 36.4 Å². The zero-order valence-electron chi connectivity index (χ0n) is 9.48. The van der Waals surface area contributed by atoms with Crippen LogP contribution >= 0.6 is 0 Å². The zero-order valence-corrected chi connectivity index (χ0v) is 9.48. The van der Waals surface area contributed by atoms with E-state index in [0.29, 0.717) is 18.0 Å². The van der Waals surface area contributed by atoms with E-state index in [1.807, 2.05) is 30.3 Å². The number of benzene rings is 1. The van der Waals surface area contributed by atoms with E-state index in [2.05, 4.69) is 25.9 Å². The van der Waals surface area contributed by atoms with Gasteiger partial charge in [-0.3, -0.25) is 0 Å². The Morgan fingerprint density at radius 2 is 1.94 bits per heavy atom. The lowest BCUT2D eigenvalue weighted by molar-refractivity contribution is 0.736. The SMILES string of the molecule is NCc1ccc(Nc2ccc3nnnn3n2)cc1. The standard InChI is InChI=1S/C11H11N7/c12-7-8-1-3-9(4-2-8)13-10-5-6-11-14-16-17-18(11)15-10/h1-6H,7,12H2,(H,13,15). The van der Waals surface area contributed by atoms with Crippen LogP contribution in [0.3, 0.4) is 0 Å². The first-order valence-electron chi connectivity index (χ1n) is 5.46. The molecular formula is C11H11N7. The molecular weight excluding hydrogens is 230 g/mol. The number of nitrogens with two attached hydrogens (primary N) is 1. The van der Waals surface area contributed by atoms with Crippen molar-refractivity contribution in [3.05, 3.63) is 42.0 Å². The normalized spacial score (nSPS) is 10.7.